The smallest absolute Gasteiger partial charge is 0.404 e. The van der Waals surface area contributed by atoms with Gasteiger partial charge in [-0.25, -0.2) is 4.79 Å². The van der Waals surface area contributed by atoms with Crippen molar-refractivity contribution in [3.05, 3.63) is 12.3 Å². The summed E-state index contributed by atoms with van der Waals surface area (Å²) in [6, 6.07) is 0. The summed E-state index contributed by atoms with van der Waals surface area (Å²) >= 11 is 0. The number of carbonyl (C=O) groups is 1. The monoisotopic (exact) mass is 184 g/mol. The average Bonchev–Trinajstić information content (AvgIpc) is 2.04. The van der Waals surface area contributed by atoms with Gasteiger partial charge in [0, 0.05) is 6.54 Å². The fourth-order valence-electron chi connectivity index (χ4n) is 1.57. The molecule has 13 heavy (non-hydrogen) atoms. The van der Waals surface area contributed by atoms with Gasteiger partial charge in [-0.05, 0) is 26.0 Å². The zero-order valence-corrected chi connectivity index (χ0v) is 7.90. The Morgan fingerprint density at radius 3 is 3.08 bits per heavy atom. The molecule has 0 spiro atoms. The van der Waals surface area contributed by atoms with Gasteiger partial charge in [-0.3, -0.25) is 0 Å². The average molecular weight is 184 g/mol. The summed E-state index contributed by atoms with van der Waals surface area (Å²) in [7, 11) is 0. The molecule has 1 unspecified atom stereocenters. The molecule has 1 saturated heterocycles. The number of nitrogens with zero attached hydrogens (tertiary/aromatic N) is 1. The first-order valence-corrected chi connectivity index (χ1v) is 4.55. The minimum absolute atomic E-state index is 0.0394. The molecule has 1 atom stereocenters. The van der Waals surface area contributed by atoms with Crippen molar-refractivity contribution in [2.75, 3.05) is 13.1 Å². The van der Waals surface area contributed by atoms with Crippen LogP contribution in [0.2, 0.25) is 0 Å². The maximum atomic E-state index is 10.5. The number of hydrogen-bond acceptors (Lipinski definition) is 3. The van der Waals surface area contributed by atoms with Gasteiger partial charge < -0.3 is 15.4 Å². The molecule has 1 aliphatic heterocycles. The lowest BCUT2D eigenvalue weighted by molar-refractivity contribution is 0.0626. The van der Waals surface area contributed by atoms with Crippen molar-refractivity contribution in [3.63, 3.8) is 0 Å². The predicted octanol–water partition coefficient (Wildman–Crippen LogP) is 1.08. The zero-order valence-electron chi connectivity index (χ0n) is 7.90. The number of piperidine rings is 1. The van der Waals surface area contributed by atoms with Crippen LogP contribution in [0.3, 0.4) is 0 Å². The fourth-order valence-corrected chi connectivity index (χ4v) is 1.57. The van der Waals surface area contributed by atoms with E-state index in [-0.39, 0.29) is 6.10 Å². The van der Waals surface area contributed by atoms with Gasteiger partial charge >= 0.3 is 6.09 Å². The molecule has 1 fully saturated rings. The minimum Gasteiger partial charge on any atom is -0.445 e. The van der Waals surface area contributed by atoms with Gasteiger partial charge in [0.2, 0.25) is 0 Å². The molecule has 1 amide bonds. The second-order valence-electron chi connectivity index (χ2n) is 3.18. The molecule has 0 saturated carbocycles. The van der Waals surface area contributed by atoms with Crippen molar-refractivity contribution in [3.8, 4) is 0 Å². The lowest BCUT2D eigenvalue weighted by atomic mass is 10.1. The number of carbonyl (C=O) groups excluding carboxylic acids is 1. The number of rotatable bonds is 2. The van der Waals surface area contributed by atoms with Gasteiger partial charge in [0.25, 0.3) is 0 Å². The molecule has 74 valence electrons. The molecule has 0 radical (unpaired) electrons. The quantitative estimate of drug-likeness (QED) is 0.698. The van der Waals surface area contributed by atoms with E-state index >= 15 is 0 Å². The van der Waals surface area contributed by atoms with E-state index in [2.05, 4.69) is 4.90 Å². The Labute approximate surface area is 78.3 Å². The normalized spacial score (nSPS) is 23.5. The molecule has 1 aliphatic rings. The number of likely N-dealkylation sites (tertiary alicyclic amines) is 1. The molecular formula is C9H16N2O2. The molecule has 0 aromatic heterocycles. The van der Waals surface area contributed by atoms with E-state index in [4.69, 9.17) is 10.5 Å². The molecule has 0 bridgehead atoms. The van der Waals surface area contributed by atoms with Gasteiger partial charge in [0.05, 0.1) is 6.54 Å². The topological polar surface area (TPSA) is 55.6 Å². The van der Waals surface area contributed by atoms with Gasteiger partial charge in [0.1, 0.15) is 6.10 Å². The van der Waals surface area contributed by atoms with Crippen molar-refractivity contribution < 1.29 is 9.53 Å². The SMILES string of the molecule is CC=CN1CCCC(OC(N)=O)C1. The van der Waals surface area contributed by atoms with Crippen LogP contribution in [-0.2, 0) is 4.74 Å². The van der Waals surface area contributed by atoms with Gasteiger partial charge in [-0.15, -0.1) is 0 Å². The Morgan fingerprint density at radius 2 is 2.46 bits per heavy atom. The summed E-state index contributed by atoms with van der Waals surface area (Å²) < 4.78 is 4.93. The highest BCUT2D eigenvalue weighted by Crippen LogP contribution is 2.13. The van der Waals surface area contributed by atoms with E-state index < -0.39 is 6.09 Å². The van der Waals surface area contributed by atoms with Crippen molar-refractivity contribution in [1.29, 1.82) is 0 Å². The lowest BCUT2D eigenvalue weighted by Gasteiger charge is -2.30. The highest BCUT2D eigenvalue weighted by Gasteiger charge is 2.19. The van der Waals surface area contributed by atoms with Crippen LogP contribution >= 0.6 is 0 Å². The van der Waals surface area contributed by atoms with Crippen LogP contribution in [0.15, 0.2) is 12.3 Å². The predicted molar refractivity (Wildman–Crippen MR) is 50.1 cm³/mol. The number of hydrogen-bond donors (Lipinski definition) is 1. The second kappa shape index (κ2) is 4.74. The summed E-state index contributed by atoms with van der Waals surface area (Å²) in [4.78, 5) is 12.6. The molecule has 0 aromatic carbocycles. The molecule has 2 N–H and O–H groups in total. The molecule has 4 heteroatoms. The van der Waals surface area contributed by atoms with E-state index in [1.54, 1.807) is 0 Å². The number of allylic oxidation sites excluding steroid dienone is 1. The lowest BCUT2D eigenvalue weighted by Crippen LogP contribution is -2.38. The van der Waals surface area contributed by atoms with Gasteiger partial charge in [-0.1, -0.05) is 6.08 Å². The maximum absolute atomic E-state index is 10.5. The summed E-state index contributed by atoms with van der Waals surface area (Å²) in [5, 5.41) is 0. The first kappa shape index (κ1) is 9.89. The van der Waals surface area contributed by atoms with E-state index in [9.17, 15) is 4.79 Å². The van der Waals surface area contributed by atoms with Crippen molar-refractivity contribution in [2.45, 2.75) is 25.9 Å². The van der Waals surface area contributed by atoms with Gasteiger partial charge in [-0.2, -0.15) is 0 Å². The molecule has 1 rings (SSSR count). The largest absolute Gasteiger partial charge is 0.445 e. The highest BCUT2D eigenvalue weighted by molar-refractivity contribution is 5.64. The Bertz CT molecular complexity index is 204. The van der Waals surface area contributed by atoms with Crippen LogP contribution in [0, 0.1) is 0 Å². The van der Waals surface area contributed by atoms with Crippen molar-refractivity contribution >= 4 is 6.09 Å². The van der Waals surface area contributed by atoms with Crippen LogP contribution in [0.5, 0.6) is 0 Å². The third-order valence-electron chi connectivity index (χ3n) is 2.05. The van der Waals surface area contributed by atoms with Crippen LogP contribution in [0.4, 0.5) is 4.79 Å². The van der Waals surface area contributed by atoms with Crippen molar-refractivity contribution in [1.82, 2.24) is 4.90 Å². The van der Waals surface area contributed by atoms with Gasteiger partial charge in [0.15, 0.2) is 0 Å². The summed E-state index contributed by atoms with van der Waals surface area (Å²) in [6.45, 7) is 3.76. The van der Waals surface area contributed by atoms with Crippen LogP contribution in [-0.4, -0.2) is 30.2 Å². The van der Waals surface area contributed by atoms with E-state index in [0.29, 0.717) is 0 Å². The van der Waals surface area contributed by atoms with E-state index in [1.165, 1.54) is 0 Å². The zero-order chi connectivity index (χ0) is 9.68. The standard InChI is InChI=1S/C9H16N2O2/c1-2-5-11-6-3-4-8(7-11)13-9(10)12/h2,5,8H,3-4,6-7H2,1H3,(H2,10,12). The number of primary amides is 1. The van der Waals surface area contributed by atoms with Crippen LogP contribution < -0.4 is 5.73 Å². The van der Waals surface area contributed by atoms with E-state index in [0.717, 1.165) is 25.9 Å². The molecule has 1 heterocycles. The molecule has 0 aliphatic carbocycles. The van der Waals surface area contributed by atoms with Crippen molar-refractivity contribution in [2.24, 2.45) is 5.73 Å². The first-order valence-electron chi connectivity index (χ1n) is 4.55. The second-order valence-corrected chi connectivity index (χ2v) is 3.18. The Balaban J connectivity index is 2.37. The van der Waals surface area contributed by atoms with Crippen LogP contribution in [0.1, 0.15) is 19.8 Å². The summed E-state index contributed by atoms with van der Waals surface area (Å²) in [5.74, 6) is 0. The third-order valence-corrected chi connectivity index (χ3v) is 2.05. The third kappa shape index (κ3) is 3.36. The Hall–Kier alpha value is -1.19. The fraction of sp³-hybridized carbons (Fsp3) is 0.667. The Morgan fingerprint density at radius 1 is 1.69 bits per heavy atom. The molecule has 0 aromatic rings. The Kier molecular flexibility index (Phi) is 3.61. The summed E-state index contributed by atoms with van der Waals surface area (Å²) in [5.41, 5.74) is 4.95. The van der Waals surface area contributed by atoms with E-state index in [1.807, 2.05) is 19.2 Å². The minimum atomic E-state index is -0.674. The highest BCUT2D eigenvalue weighted by atomic mass is 16.6. The summed E-state index contributed by atoms with van der Waals surface area (Å²) in [6.07, 6.45) is 5.23. The number of amides is 1. The number of ether oxygens (including phenoxy) is 1. The van der Waals surface area contributed by atoms with Crippen LogP contribution in [0.25, 0.3) is 0 Å². The first-order chi connectivity index (χ1) is 6.22. The maximum Gasteiger partial charge on any atom is 0.404 e. The number of nitrogens with two attached hydrogens (primary N) is 1. The molecule has 4 nitrogen and oxygen atoms in total. The molecular weight excluding hydrogens is 168 g/mol.